The lowest BCUT2D eigenvalue weighted by Gasteiger charge is -2.21. The number of benzene rings is 2. The maximum absolute atomic E-state index is 13.2. The minimum absolute atomic E-state index is 0.203. The molecule has 0 spiro atoms. The Balaban J connectivity index is 1.70. The number of alkyl halides is 3. The van der Waals surface area contributed by atoms with Crippen LogP contribution in [0, 0.1) is 0 Å². The van der Waals surface area contributed by atoms with E-state index in [9.17, 15) is 23.1 Å². The number of amides is 2. The van der Waals surface area contributed by atoms with E-state index < -0.39 is 30.4 Å². The molecule has 0 radical (unpaired) electrons. The molecule has 150 valence electrons. The van der Waals surface area contributed by atoms with Crippen LogP contribution in [-0.2, 0) is 6.18 Å². The number of aliphatic hydroxyl groups is 1. The monoisotopic (exact) mass is 401 g/mol. The first-order valence-corrected chi connectivity index (χ1v) is 8.73. The molecule has 0 saturated heterocycles. The first kappa shape index (κ1) is 20.3. The van der Waals surface area contributed by atoms with Gasteiger partial charge in [-0.15, -0.1) is 0 Å². The van der Waals surface area contributed by atoms with E-state index in [0.717, 1.165) is 17.2 Å². The van der Waals surface area contributed by atoms with Crippen molar-refractivity contribution in [2.45, 2.75) is 12.2 Å². The van der Waals surface area contributed by atoms with Gasteiger partial charge in [0.2, 0.25) is 0 Å². The van der Waals surface area contributed by atoms with Crippen molar-refractivity contribution in [3.8, 4) is 11.1 Å². The highest BCUT2D eigenvalue weighted by atomic mass is 19.4. The number of nitrogens with one attached hydrogen (secondary N) is 2. The van der Waals surface area contributed by atoms with E-state index in [1.165, 1.54) is 18.2 Å². The van der Waals surface area contributed by atoms with E-state index in [1.807, 2.05) is 12.1 Å². The zero-order valence-corrected chi connectivity index (χ0v) is 15.1. The van der Waals surface area contributed by atoms with Crippen molar-refractivity contribution >= 4 is 11.7 Å². The molecule has 1 unspecified atom stereocenters. The molecule has 0 fully saturated rings. The molecule has 0 aliphatic rings. The summed E-state index contributed by atoms with van der Waals surface area (Å²) < 4.78 is 39.6. The van der Waals surface area contributed by atoms with Crippen LogP contribution in [0.3, 0.4) is 0 Å². The molecule has 3 N–H and O–H groups in total. The Hall–Kier alpha value is -3.39. The summed E-state index contributed by atoms with van der Waals surface area (Å²) in [6.45, 7) is -0.679. The van der Waals surface area contributed by atoms with Gasteiger partial charge >= 0.3 is 12.2 Å². The molecule has 2 aromatic carbocycles. The summed E-state index contributed by atoms with van der Waals surface area (Å²) >= 11 is 0. The van der Waals surface area contributed by atoms with Gasteiger partial charge in [0.1, 0.15) is 0 Å². The van der Waals surface area contributed by atoms with E-state index in [4.69, 9.17) is 0 Å². The number of aliphatic hydroxyl groups excluding tert-OH is 1. The zero-order chi connectivity index (χ0) is 20.9. The average molecular weight is 401 g/mol. The summed E-state index contributed by atoms with van der Waals surface area (Å²) in [6.07, 6.45) is -1.25. The Bertz CT molecular complexity index is 961. The molecule has 5 nitrogen and oxygen atoms in total. The fourth-order valence-electron chi connectivity index (χ4n) is 2.90. The number of pyridine rings is 1. The van der Waals surface area contributed by atoms with Crippen molar-refractivity contribution < 1.29 is 23.1 Å². The van der Waals surface area contributed by atoms with Gasteiger partial charge in [-0.3, -0.25) is 4.98 Å². The highest BCUT2D eigenvalue weighted by Crippen LogP contribution is 2.34. The van der Waals surface area contributed by atoms with Crippen LogP contribution in [-0.4, -0.2) is 22.7 Å². The Morgan fingerprint density at radius 3 is 2.21 bits per heavy atom. The topological polar surface area (TPSA) is 74.2 Å². The summed E-state index contributed by atoms with van der Waals surface area (Å²) in [4.78, 5) is 16.2. The lowest BCUT2D eigenvalue weighted by atomic mass is 10.0. The largest absolute Gasteiger partial charge is 0.416 e. The van der Waals surface area contributed by atoms with Crippen molar-refractivity contribution in [1.29, 1.82) is 0 Å². The number of hydrogen-bond acceptors (Lipinski definition) is 3. The van der Waals surface area contributed by atoms with Crippen LogP contribution in [0.2, 0.25) is 0 Å². The molecule has 2 amide bonds. The minimum Gasteiger partial charge on any atom is -0.394 e. The van der Waals surface area contributed by atoms with E-state index in [0.29, 0.717) is 5.69 Å². The fourth-order valence-corrected chi connectivity index (χ4v) is 2.90. The predicted octanol–water partition coefficient (Wildman–Crippen LogP) is 4.62. The molecule has 0 aliphatic carbocycles. The van der Waals surface area contributed by atoms with Crippen LogP contribution < -0.4 is 10.6 Å². The molecule has 29 heavy (non-hydrogen) atoms. The van der Waals surface area contributed by atoms with Gasteiger partial charge in [-0.05, 0) is 47.0 Å². The third-order valence-electron chi connectivity index (χ3n) is 4.29. The smallest absolute Gasteiger partial charge is 0.394 e. The average Bonchev–Trinajstić information content (AvgIpc) is 2.72. The number of hydrogen-bond donors (Lipinski definition) is 3. The van der Waals surface area contributed by atoms with Gasteiger partial charge in [0.05, 0.1) is 18.2 Å². The molecule has 1 atom stereocenters. The van der Waals surface area contributed by atoms with Gasteiger partial charge < -0.3 is 15.7 Å². The normalized spacial score (nSPS) is 12.3. The second-order valence-electron chi connectivity index (χ2n) is 6.23. The minimum atomic E-state index is -4.59. The van der Waals surface area contributed by atoms with Crippen LogP contribution in [0.25, 0.3) is 11.1 Å². The van der Waals surface area contributed by atoms with Gasteiger partial charge in [-0.25, -0.2) is 4.79 Å². The molecule has 3 aromatic rings. The summed E-state index contributed by atoms with van der Waals surface area (Å²) in [6, 6.07) is 13.5. The van der Waals surface area contributed by atoms with Crippen LogP contribution in [0.5, 0.6) is 0 Å². The molecule has 0 bridgehead atoms. The summed E-state index contributed by atoms with van der Waals surface area (Å²) in [7, 11) is 0. The highest BCUT2D eigenvalue weighted by molar-refractivity contribution is 5.90. The van der Waals surface area contributed by atoms with Gasteiger partial charge in [0.15, 0.2) is 0 Å². The number of rotatable bonds is 5. The zero-order valence-electron chi connectivity index (χ0n) is 15.1. The third kappa shape index (κ3) is 5.11. The fraction of sp³-hybridized carbons (Fsp3) is 0.143. The Morgan fingerprint density at radius 2 is 1.59 bits per heavy atom. The summed E-state index contributed by atoms with van der Waals surface area (Å²) in [5.74, 6) is 0. The van der Waals surface area contributed by atoms with Crippen molar-refractivity contribution in [1.82, 2.24) is 10.3 Å². The first-order valence-electron chi connectivity index (χ1n) is 8.73. The van der Waals surface area contributed by atoms with Crippen molar-refractivity contribution in [3.63, 3.8) is 0 Å². The number of carbonyl (C=O) groups excluding carboxylic acids is 1. The van der Waals surface area contributed by atoms with Gasteiger partial charge in [-0.2, -0.15) is 13.2 Å². The lowest BCUT2D eigenvalue weighted by molar-refractivity contribution is -0.138. The van der Waals surface area contributed by atoms with Crippen molar-refractivity contribution in [2.24, 2.45) is 0 Å². The van der Waals surface area contributed by atoms with Crippen LogP contribution in [0.1, 0.15) is 17.2 Å². The van der Waals surface area contributed by atoms with Crippen molar-refractivity contribution in [3.05, 3.63) is 84.2 Å². The Labute approximate surface area is 165 Å². The number of aromatic nitrogens is 1. The lowest BCUT2D eigenvalue weighted by Crippen LogP contribution is -2.35. The van der Waals surface area contributed by atoms with Crippen LogP contribution >= 0.6 is 0 Å². The van der Waals surface area contributed by atoms with E-state index >= 15 is 0 Å². The highest BCUT2D eigenvalue weighted by Gasteiger charge is 2.35. The number of halogens is 3. The Morgan fingerprint density at radius 1 is 0.966 bits per heavy atom. The standard InChI is InChI=1S/C21H18F3N3O2/c22-21(23,24)18-4-2-1-3-17(18)19(13-28)27-20(29)26-16-7-5-14(6-8-16)15-9-11-25-12-10-15/h1-12,19,28H,13H2,(H2,26,27,29). The second-order valence-corrected chi connectivity index (χ2v) is 6.23. The molecule has 0 aliphatic heterocycles. The van der Waals surface area contributed by atoms with Gasteiger partial charge in [0.25, 0.3) is 0 Å². The molecular weight excluding hydrogens is 383 g/mol. The van der Waals surface area contributed by atoms with Crippen LogP contribution in [0.15, 0.2) is 73.1 Å². The molecular formula is C21H18F3N3O2. The quantitative estimate of drug-likeness (QED) is 0.584. The molecule has 3 rings (SSSR count). The van der Waals surface area contributed by atoms with Gasteiger partial charge in [0, 0.05) is 18.1 Å². The first-order chi connectivity index (χ1) is 13.9. The number of anilines is 1. The Kier molecular flexibility index (Phi) is 6.13. The van der Waals surface area contributed by atoms with Crippen molar-refractivity contribution in [2.75, 3.05) is 11.9 Å². The van der Waals surface area contributed by atoms with E-state index in [2.05, 4.69) is 15.6 Å². The maximum Gasteiger partial charge on any atom is 0.416 e. The SMILES string of the molecule is O=C(Nc1ccc(-c2ccncc2)cc1)NC(CO)c1ccccc1C(F)(F)F. The van der Waals surface area contributed by atoms with E-state index in [1.54, 1.807) is 36.7 Å². The number of carbonyl (C=O) groups is 1. The summed E-state index contributed by atoms with van der Waals surface area (Å²) in [5, 5.41) is 14.5. The number of urea groups is 1. The molecule has 1 aromatic heterocycles. The van der Waals surface area contributed by atoms with Gasteiger partial charge in [-0.1, -0.05) is 30.3 Å². The second kappa shape index (κ2) is 8.74. The molecule has 0 saturated carbocycles. The maximum atomic E-state index is 13.2. The van der Waals surface area contributed by atoms with Crippen LogP contribution in [0.4, 0.5) is 23.7 Å². The molecule has 8 heteroatoms. The predicted molar refractivity (Wildman–Crippen MR) is 103 cm³/mol. The molecule has 1 heterocycles. The number of nitrogens with zero attached hydrogens (tertiary/aromatic N) is 1. The third-order valence-corrected chi connectivity index (χ3v) is 4.29. The van der Waals surface area contributed by atoms with E-state index in [-0.39, 0.29) is 5.56 Å². The summed E-state index contributed by atoms with van der Waals surface area (Å²) in [5.41, 5.74) is 1.23.